The Bertz CT molecular complexity index is 876. The molecule has 0 aliphatic carbocycles. The molecule has 3 aromatic rings. The molecular weight excluding hydrogens is 376 g/mol. The van der Waals surface area contributed by atoms with Crippen molar-refractivity contribution in [3.05, 3.63) is 52.5 Å². The Morgan fingerprint density at radius 2 is 2.09 bits per heavy atom. The number of esters is 1. The molecule has 1 heterocycles. The van der Waals surface area contributed by atoms with E-state index in [0.29, 0.717) is 17.9 Å². The Morgan fingerprint density at radius 1 is 1.30 bits per heavy atom. The van der Waals surface area contributed by atoms with Crippen molar-refractivity contribution in [1.29, 1.82) is 0 Å². The molecule has 0 unspecified atom stereocenters. The lowest BCUT2D eigenvalue weighted by Gasteiger charge is -2.10. The zero-order valence-electron chi connectivity index (χ0n) is 12.4. The summed E-state index contributed by atoms with van der Waals surface area (Å²) in [6.07, 6.45) is 0. The van der Waals surface area contributed by atoms with E-state index in [-0.39, 0.29) is 5.97 Å². The number of carbonyl (C=O) groups is 1. The van der Waals surface area contributed by atoms with Crippen molar-refractivity contribution in [2.75, 3.05) is 17.7 Å². The van der Waals surface area contributed by atoms with Gasteiger partial charge in [-0.3, -0.25) is 0 Å². The lowest BCUT2D eigenvalue weighted by Crippen LogP contribution is -2.06. The van der Waals surface area contributed by atoms with Gasteiger partial charge in [0.2, 0.25) is 0 Å². The summed E-state index contributed by atoms with van der Waals surface area (Å²) in [6.45, 7) is 2.13. The molecule has 4 nitrogen and oxygen atoms in total. The topological polar surface area (TPSA) is 64.3 Å². The molecule has 0 amide bonds. The van der Waals surface area contributed by atoms with Gasteiger partial charge in [-0.25, -0.2) is 4.79 Å². The van der Waals surface area contributed by atoms with Crippen LogP contribution in [0.3, 0.4) is 0 Å². The lowest BCUT2D eigenvalue weighted by molar-refractivity contribution is 0.0530. The Balaban J connectivity index is 2.09. The van der Waals surface area contributed by atoms with Gasteiger partial charge in [0, 0.05) is 14.6 Å². The highest BCUT2D eigenvalue weighted by molar-refractivity contribution is 9.10. The summed E-state index contributed by atoms with van der Waals surface area (Å²) in [5, 5.41) is 4.89. The molecule has 1 aromatic heterocycles. The molecule has 2 aromatic carbocycles. The molecule has 0 aliphatic heterocycles. The molecule has 0 aliphatic rings. The highest BCUT2D eigenvalue weighted by Gasteiger charge is 2.20. The first-order valence-corrected chi connectivity index (χ1v) is 8.71. The van der Waals surface area contributed by atoms with Gasteiger partial charge in [-0.2, -0.15) is 0 Å². The molecule has 0 saturated carbocycles. The molecular formula is C17H15BrN2O2S. The van der Waals surface area contributed by atoms with Gasteiger partial charge in [0.25, 0.3) is 0 Å². The van der Waals surface area contributed by atoms with Crippen molar-refractivity contribution in [2.45, 2.75) is 6.92 Å². The summed E-state index contributed by atoms with van der Waals surface area (Å²) >= 11 is 4.90. The number of hydrogen-bond acceptors (Lipinski definition) is 5. The van der Waals surface area contributed by atoms with Crippen molar-refractivity contribution in [3.63, 3.8) is 0 Å². The SMILES string of the molecule is CCOC(=O)c1c(Nc2ccc(Br)cc2N)sc2ccccc12. The molecule has 118 valence electrons. The highest BCUT2D eigenvalue weighted by Crippen LogP contribution is 2.39. The van der Waals surface area contributed by atoms with Crippen LogP contribution in [0, 0.1) is 0 Å². The van der Waals surface area contributed by atoms with Crippen LogP contribution in [0.2, 0.25) is 0 Å². The third-order valence-corrected chi connectivity index (χ3v) is 4.92. The molecule has 3 rings (SSSR count). The first-order valence-electron chi connectivity index (χ1n) is 7.11. The number of nitrogen functional groups attached to an aromatic ring is 1. The third-order valence-electron chi connectivity index (χ3n) is 3.34. The second kappa shape index (κ2) is 6.60. The smallest absolute Gasteiger partial charge is 0.341 e. The third kappa shape index (κ3) is 3.18. The van der Waals surface area contributed by atoms with Gasteiger partial charge in [0.15, 0.2) is 0 Å². The minimum Gasteiger partial charge on any atom is -0.462 e. The zero-order chi connectivity index (χ0) is 16.4. The molecule has 0 bridgehead atoms. The number of nitrogens with two attached hydrogens (primary N) is 1. The van der Waals surface area contributed by atoms with Crippen molar-refractivity contribution < 1.29 is 9.53 Å². The van der Waals surface area contributed by atoms with Gasteiger partial charge in [0.1, 0.15) is 10.6 Å². The van der Waals surface area contributed by atoms with Crippen LogP contribution in [-0.2, 0) is 4.74 Å². The van der Waals surface area contributed by atoms with Crippen molar-refractivity contribution in [3.8, 4) is 0 Å². The largest absolute Gasteiger partial charge is 0.462 e. The number of anilines is 3. The predicted octanol–water partition coefficient (Wildman–Crippen LogP) is 5.17. The van der Waals surface area contributed by atoms with E-state index in [1.807, 2.05) is 42.5 Å². The van der Waals surface area contributed by atoms with Gasteiger partial charge in [-0.15, -0.1) is 11.3 Å². The molecule has 0 atom stereocenters. The quantitative estimate of drug-likeness (QED) is 0.476. The number of ether oxygens (including phenoxy) is 1. The summed E-state index contributed by atoms with van der Waals surface area (Å²) in [6, 6.07) is 13.4. The maximum atomic E-state index is 12.4. The van der Waals surface area contributed by atoms with Gasteiger partial charge in [-0.1, -0.05) is 34.1 Å². The van der Waals surface area contributed by atoms with Crippen LogP contribution in [-0.4, -0.2) is 12.6 Å². The number of hydrogen-bond donors (Lipinski definition) is 2. The van der Waals surface area contributed by atoms with Crippen molar-refractivity contribution in [1.82, 2.24) is 0 Å². The van der Waals surface area contributed by atoms with E-state index in [4.69, 9.17) is 10.5 Å². The van der Waals surface area contributed by atoms with Crippen LogP contribution < -0.4 is 11.1 Å². The number of benzene rings is 2. The van der Waals surface area contributed by atoms with E-state index < -0.39 is 0 Å². The summed E-state index contributed by atoms with van der Waals surface area (Å²) in [7, 11) is 0. The van der Waals surface area contributed by atoms with Crippen LogP contribution in [0.15, 0.2) is 46.9 Å². The van der Waals surface area contributed by atoms with E-state index in [1.54, 1.807) is 6.92 Å². The number of fused-ring (bicyclic) bond motifs is 1. The van der Waals surface area contributed by atoms with Gasteiger partial charge < -0.3 is 15.8 Å². The minimum atomic E-state index is -0.330. The number of nitrogens with one attached hydrogen (secondary N) is 1. The van der Waals surface area contributed by atoms with E-state index in [2.05, 4.69) is 21.2 Å². The molecule has 23 heavy (non-hydrogen) atoms. The van der Waals surface area contributed by atoms with Crippen LogP contribution in [0.5, 0.6) is 0 Å². The van der Waals surface area contributed by atoms with Crippen molar-refractivity contribution in [2.24, 2.45) is 0 Å². The van der Waals surface area contributed by atoms with Crippen LogP contribution in [0.25, 0.3) is 10.1 Å². The Labute approximate surface area is 146 Å². The minimum absolute atomic E-state index is 0.330. The number of rotatable bonds is 4. The predicted molar refractivity (Wildman–Crippen MR) is 99.6 cm³/mol. The molecule has 0 saturated heterocycles. The highest BCUT2D eigenvalue weighted by atomic mass is 79.9. The lowest BCUT2D eigenvalue weighted by atomic mass is 10.1. The zero-order valence-corrected chi connectivity index (χ0v) is 14.8. The fourth-order valence-electron chi connectivity index (χ4n) is 2.31. The van der Waals surface area contributed by atoms with Gasteiger partial charge in [-0.05, 0) is 31.2 Å². The van der Waals surface area contributed by atoms with E-state index in [0.717, 1.165) is 25.2 Å². The average Bonchev–Trinajstić information content (AvgIpc) is 2.88. The summed E-state index contributed by atoms with van der Waals surface area (Å²) in [4.78, 5) is 12.4. The fraction of sp³-hybridized carbons (Fsp3) is 0.118. The van der Waals surface area contributed by atoms with Gasteiger partial charge >= 0.3 is 5.97 Å². The molecule has 3 N–H and O–H groups in total. The van der Waals surface area contributed by atoms with Crippen LogP contribution in [0.4, 0.5) is 16.4 Å². The first kappa shape index (κ1) is 15.8. The number of thiophene rings is 1. The monoisotopic (exact) mass is 390 g/mol. The van der Waals surface area contributed by atoms with Gasteiger partial charge in [0.05, 0.1) is 18.0 Å². The number of carbonyl (C=O) groups excluding carboxylic acids is 1. The fourth-order valence-corrected chi connectivity index (χ4v) is 3.79. The Morgan fingerprint density at radius 3 is 2.83 bits per heavy atom. The summed E-state index contributed by atoms with van der Waals surface area (Å²) in [5.41, 5.74) is 7.95. The average molecular weight is 391 g/mol. The standard InChI is InChI=1S/C17H15BrN2O2S/c1-2-22-17(21)15-11-5-3-4-6-14(11)23-16(15)20-13-8-7-10(18)9-12(13)19/h3-9,20H,2,19H2,1H3. The maximum absolute atomic E-state index is 12.4. The maximum Gasteiger partial charge on any atom is 0.341 e. The molecule has 0 radical (unpaired) electrons. The molecule has 0 fully saturated rings. The summed E-state index contributed by atoms with van der Waals surface area (Å²) < 4.78 is 7.14. The first-order chi connectivity index (χ1) is 11.1. The van der Waals surface area contributed by atoms with Crippen LogP contribution in [0.1, 0.15) is 17.3 Å². The van der Waals surface area contributed by atoms with E-state index in [9.17, 15) is 4.79 Å². The van der Waals surface area contributed by atoms with Crippen LogP contribution >= 0.6 is 27.3 Å². The van der Waals surface area contributed by atoms with E-state index >= 15 is 0 Å². The summed E-state index contributed by atoms with van der Waals surface area (Å²) in [5.74, 6) is -0.330. The Hall–Kier alpha value is -2.05. The number of halogens is 1. The second-order valence-electron chi connectivity index (χ2n) is 4.88. The molecule has 6 heteroatoms. The molecule has 0 spiro atoms. The van der Waals surface area contributed by atoms with E-state index in [1.165, 1.54) is 11.3 Å². The second-order valence-corrected chi connectivity index (χ2v) is 6.85. The van der Waals surface area contributed by atoms with Crippen molar-refractivity contribution >= 4 is 59.7 Å². The normalized spacial score (nSPS) is 10.7. The Kier molecular flexibility index (Phi) is 4.54.